The number of hydrogen-bond acceptors (Lipinski definition) is 5. The van der Waals surface area contributed by atoms with Crippen molar-refractivity contribution in [2.24, 2.45) is 0 Å². The minimum atomic E-state index is -0.744. The van der Waals surface area contributed by atoms with E-state index in [-0.39, 0.29) is 12.6 Å². The molecule has 5 rings (SSSR count). The third kappa shape index (κ3) is 4.33. The van der Waals surface area contributed by atoms with Gasteiger partial charge >= 0.3 is 5.69 Å². The summed E-state index contributed by atoms with van der Waals surface area (Å²) in [5, 5.41) is 14.1. The Labute approximate surface area is 209 Å². The Kier molecular flexibility index (Phi) is 6.69. The van der Waals surface area contributed by atoms with Gasteiger partial charge in [-0.2, -0.15) is 0 Å². The van der Waals surface area contributed by atoms with Crippen LogP contribution < -0.4 is 16.6 Å². The molecular formula is C29H29N3O4. The number of nitrogens with zero attached hydrogens (tertiary/aromatic N) is 1. The van der Waals surface area contributed by atoms with Crippen LogP contribution in [-0.2, 0) is 10.3 Å². The maximum Gasteiger partial charge on any atom is 0.330 e. The monoisotopic (exact) mass is 483 g/mol. The second-order valence-corrected chi connectivity index (χ2v) is 9.13. The van der Waals surface area contributed by atoms with E-state index in [1.807, 2.05) is 54.6 Å². The normalized spacial score (nSPS) is 19.9. The van der Waals surface area contributed by atoms with Gasteiger partial charge in [-0.3, -0.25) is 19.7 Å². The van der Waals surface area contributed by atoms with Gasteiger partial charge in [0.25, 0.3) is 5.56 Å². The summed E-state index contributed by atoms with van der Waals surface area (Å²) in [6.07, 6.45) is 0.735. The summed E-state index contributed by atoms with van der Waals surface area (Å²) in [6.45, 7) is 1.42. The Balaban J connectivity index is 1.62. The van der Waals surface area contributed by atoms with E-state index < -0.39 is 29.1 Å². The van der Waals surface area contributed by atoms with E-state index >= 15 is 0 Å². The van der Waals surface area contributed by atoms with E-state index in [4.69, 9.17) is 4.74 Å². The van der Waals surface area contributed by atoms with Crippen molar-refractivity contribution in [3.63, 3.8) is 0 Å². The van der Waals surface area contributed by atoms with Crippen LogP contribution in [0.2, 0.25) is 0 Å². The third-order valence-corrected chi connectivity index (χ3v) is 6.89. The summed E-state index contributed by atoms with van der Waals surface area (Å²) >= 11 is 0. The van der Waals surface area contributed by atoms with Crippen molar-refractivity contribution < 1.29 is 9.84 Å². The summed E-state index contributed by atoms with van der Waals surface area (Å²) in [6, 6.07) is 30.2. The zero-order valence-corrected chi connectivity index (χ0v) is 20.0. The highest BCUT2D eigenvalue weighted by molar-refractivity contribution is 5.49. The Morgan fingerprint density at radius 2 is 1.42 bits per heavy atom. The van der Waals surface area contributed by atoms with Gasteiger partial charge in [-0.15, -0.1) is 0 Å². The minimum absolute atomic E-state index is 0.223. The van der Waals surface area contributed by atoms with Gasteiger partial charge in [-0.1, -0.05) is 91.0 Å². The van der Waals surface area contributed by atoms with Crippen LogP contribution in [0.4, 0.5) is 0 Å². The Morgan fingerprint density at radius 3 is 1.89 bits per heavy atom. The smallest absolute Gasteiger partial charge is 0.330 e. The Morgan fingerprint density at radius 1 is 0.917 bits per heavy atom. The van der Waals surface area contributed by atoms with Crippen LogP contribution in [0, 0.1) is 6.92 Å². The topological polar surface area (TPSA) is 96.3 Å². The molecule has 1 aliphatic rings. The predicted molar refractivity (Wildman–Crippen MR) is 138 cm³/mol. The maximum atomic E-state index is 12.6. The van der Waals surface area contributed by atoms with E-state index in [1.165, 1.54) is 10.8 Å². The van der Waals surface area contributed by atoms with Crippen molar-refractivity contribution in [3.05, 3.63) is 140 Å². The fourth-order valence-electron chi connectivity index (χ4n) is 5.12. The number of hydrogen-bond donors (Lipinski definition) is 3. The van der Waals surface area contributed by atoms with Gasteiger partial charge in [0.15, 0.2) is 0 Å². The van der Waals surface area contributed by atoms with Gasteiger partial charge in [0.05, 0.1) is 18.2 Å². The lowest BCUT2D eigenvalue weighted by atomic mass is 9.76. The van der Waals surface area contributed by atoms with Gasteiger partial charge in [-0.25, -0.2) is 4.79 Å². The molecule has 0 aliphatic carbocycles. The molecule has 0 bridgehead atoms. The number of H-pyrrole nitrogens is 1. The molecule has 36 heavy (non-hydrogen) atoms. The molecule has 0 spiro atoms. The van der Waals surface area contributed by atoms with Gasteiger partial charge in [0, 0.05) is 24.2 Å². The fraction of sp³-hybridized carbons (Fsp3) is 0.241. The lowest BCUT2D eigenvalue weighted by Crippen LogP contribution is -2.53. The first-order valence-corrected chi connectivity index (χ1v) is 12.1. The first-order chi connectivity index (χ1) is 17.5. The first kappa shape index (κ1) is 23.9. The van der Waals surface area contributed by atoms with Crippen LogP contribution in [0.15, 0.2) is 107 Å². The number of benzene rings is 3. The Hall–Kier alpha value is -3.78. The van der Waals surface area contributed by atoms with Crippen molar-refractivity contribution in [1.82, 2.24) is 14.9 Å². The van der Waals surface area contributed by atoms with Crippen LogP contribution >= 0.6 is 0 Å². The molecule has 7 heteroatoms. The Bertz CT molecular complexity index is 1320. The largest absolute Gasteiger partial charge is 0.394 e. The highest BCUT2D eigenvalue weighted by Gasteiger charge is 2.44. The molecule has 0 radical (unpaired) electrons. The number of aliphatic hydroxyl groups excluding tert-OH is 1. The lowest BCUT2D eigenvalue weighted by molar-refractivity contribution is -0.0301. The number of nitrogens with one attached hydrogen (secondary N) is 2. The van der Waals surface area contributed by atoms with Crippen molar-refractivity contribution in [1.29, 1.82) is 0 Å². The minimum Gasteiger partial charge on any atom is -0.394 e. The standard InChI is InChI=1S/C29H29N3O4/c1-20-18-32(28(35)30-27(20)34)26-17-24(25(19-33)36-26)31-29(21-11-5-2-6-12-21,22-13-7-3-8-14-22)23-15-9-4-10-16-23/h2-16,18,24-26,31,33H,17,19H2,1H3,(H,30,34,35)/t24-,25+,26+/m0/s1. The third-order valence-electron chi connectivity index (χ3n) is 6.89. The molecule has 1 aliphatic heterocycles. The molecule has 7 nitrogen and oxygen atoms in total. The number of ether oxygens (including phenoxy) is 1. The lowest BCUT2D eigenvalue weighted by Gasteiger charge is -2.40. The molecule has 0 unspecified atom stereocenters. The highest BCUT2D eigenvalue weighted by Crippen LogP contribution is 2.40. The van der Waals surface area contributed by atoms with E-state index in [0.29, 0.717) is 12.0 Å². The van der Waals surface area contributed by atoms with Crippen LogP contribution in [0.3, 0.4) is 0 Å². The van der Waals surface area contributed by atoms with E-state index in [2.05, 4.69) is 46.7 Å². The molecule has 0 saturated carbocycles. The van der Waals surface area contributed by atoms with Crippen LogP contribution in [-0.4, -0.2) is 33.4 Å². The molecule has 3 N–H and O–H groups in total. The van der Waals surface area contributed by atoms with Crippen LogP contribution in [0.1, 0.15) is 34.9 Å². The second kappa shape index (κ2) is 10.1. The maximum absolute atomic E-state index is 12.6. The summed E-state index contributed by atoms with van der Waals surface area (Å²) < 4.78 is 7.57. The van der Waals surface area contributed by atoms with Gasteiger partial charge in [0.2, 0.25) is 0 Å². The molecule has 0 amide bonds. The second-order valence-electron chi connectivity index (χ2n) is 9.13. The average molecular weight is 484 g/mol. The summed E-state index contributed by atoms with van der Waals surface area (Å²) in [7, 11) is 0. The molecule has 4 aromatic rings. The molecule has 3 atom stereocenters. The summed E-state index contributed by atoms with van der Waals surface area (Å²) in [4.78, 5) is 26.8. The number of rotatable bonds is 7. The number of aromatic nitrogens is 2. The zero-order chi connectivity index (χ0) is 25.1. The molecule has 184 valence electrons. The fourth-order valence-corrected chi connectivity index (χ4v) is 5.12. The van der Waals surface area contributed by atoms with Crippen LogP contribution in [0.5, 0.6) is 0 Å². The summed E-state index contributed by atoms with van der Waals surface area (Å²) in [5.41, 5.74) is 1.85. The quantitative estimate of drug-likeness (QED) is 0.351. The highest BCUT2D eigenvalue weighted by atomic mass is 16.5. The van der Waals surface area contributed by atoms with E-state index in [9.17, 15) is 14.7 Å². The average Bonchev–Trinajstić information content (AvgIpc) is 3.33. The van der Waals surface area contributed by atoms with Crippen LogP contribution in [0.25, 0.3) is 0 Å². The summed E-state index contributed by atoms with van der Waals surface area (Å²) in [5.74, 6) is 0. The van der Waals surface area contributed by atoms with Gasteiger partial charge < -0.3 is 9.84 Å². The number of aliphatic hydroxyl groups is 1. The van der Waals surface area contributed by atoms with Gasteiger partial charge in [-0.05, 0) is 23.6 Å². The van der Waals surface area contributed by atoms with Crippen molar-refractivity contribution >= 4 is 0 Å². The predicted octanol–water partition coefficient (Wildman–Crippen LogP) is 3.08. The molecule has 1 aromatic heterocycles. The molecule has 1 fully saturated rings. The molecule has 1 saturated heterocycles. The molecular weight excluding hydrogens is 454 g/mol. The van der Waals surface area contributed by atoms with E-state index in [0.717, 1.165) is 16.7 Å². The van der Waals surface area contributed by atoms with Crippen molar-refractivity contribution in [2.45, 2.75) is 37.3 Å². The van der Waals surface area contributed by atoms with Crippen molar-refractivity contribution in [3.8, 4) is 0 Å². The number of aryl methyl sites for hydroxylation is 1. The number of aromatic amines is 1. The molecule has 2 heterocycles. The first-order valence-electron chi connectivity index (χ1n) is 12.1. The zero-order valence-electron chi connectivity index (χ0n) is 20.0. The van der Waals surface area contributed by atoms with E-state index in [1.54, 1.807) is 6.92 Å². The van der Waals surface area contributed by atoms with Crippen molar-refractivity contribution in [2.75, 3.05) is 6.61 Å². The SMILES string of the molecule is Cc1cn([C@H]2C[C@H](NC(c3ccccc3)(c3ccccc3)c3ccccc3)[C@@H](CO)O2)c(=O)[nH]c1=O. The van der Waals surface area contributed by atoms with Gasteiger partial charge in [0.1, 0.15) is 6.23 Å². The molecule has 3 aromatic carbocycles.